The van der Waals surface area contributed by atoms with E-state index < -0.39 is 0 Å². The molecule has 0 aliphatic rings. The highest BCUT2D eigenvalue weighted by atomic mass is 16.5. The van der Waals surface area contributed by atoms with Gasteiger partial charge in [0.05, 0.1) is 12.8 Å². The van der Waals surface area contributed by atoms with Gasteiger partial charge in [0.25, 0.3) is 5.91 Å². The number of anilines is 1. The van der Waals surface area contributed by atoms with E-state index in [1.807, 2.05) is 47.0 Å². The molecule has 3 rings (SSSR count). The first-order chi connectivity index (χ1) is 11.2. The van der Waals surface area contributed by atoms with E-state index in [9.17, 15) is 4.79 Å². The molecule has 3 aromatic rings. The van der Waals surface area contributed by atoms with Crippen LogP contribution in [0.5, 0.6) is 5.75 Å². The fourth-order valence-electron chi connectivity index (χ4n) is 2.59. The average molecular weight is 309 g/mol. The number of amides is 1. The maximum Gasteiger partial charge on any atom is 0.274 e. The summed E-state index contributed by atoms with van der Waals surface area (Å²) in [6.07, 6.45) is 3.56. The molecule has 1 N–H and O–H groups in total. The monoisotopic (exact) mass is 309 g/mol. The number of aryl methyl sites for hydroxylation is 1. The summed E-state index contributed by atoms with van der Waals surface area (Å²) >= 11 is 0. The summed E-state index contributed by atoms with van der Waals surface area (Å²) < 4.78 is 7.02. The standard InChI is InChI=1S/C18H19N3O2/c1-3-7-15-17(21-11-5-4-10-16(21)20-15)18(22)19-13-8-6-9-14(12-13)23-2/h4-6,8-12H,3,7H2,1-2H3,(H,19,22). The van der Waals surface area contributed by atoms with Crippen LogP contribution in [0.4, 0.5) is 5.69 Å². The summed E-state index contributed by atoms with van der Waals surface area (Å²) in [4.78, 5) is 17.3. The van der Waals surface area contributed by atoms with Crippen LogP contribution in [0.25, 0.3) is 5.65 Å². The minimum atomic E-state index is -0.166. The Morgan fingerprint density at radius 2 is 2.13 bits per heavy atom. The van der Waals surface area contributed by atoms with Gasteiger partial charge in [-0.05, 0) is 30.7 Å². The van der Waals surface area contributed by atoms with E-state index in [0.29, 0.717) is 17.1 Å². The lowest BCUT2D eigenvalue weighted by Crippen LogP contribution is -2.16. The molecule has 0 atom stereocenters. The fraction of sp³-hybridized carbons (Fsp3) is 0.222. The molecule has 5 heteroatoms. The van der Waals surface area contributed by atoms with Crippen molar-refractivity contribution in [3.63, 3.8) is 0 Å². The van der Waals surface area contributed by atoms with Crippen molar-refractivity contribution in [2.75, 3.05) is 12.4 Å². The minimum Gasteiger partial charge on any atom is -0.497 e. The lowest BCUT2D eigenvalue weighted by atomic mass is 10.2. The van der Waals surface area contributed by atoms with Crippen LogP contribution in [0.3, 0.4) is 0 Å². The van der Waals surface area contributed by atoms with Crippen molar-refractivity contribution in [1.82, 2.24) is 9.38 Å². The number of imidazole rings is 1. The molecule has 0 fully saturated rings. The summed E-state index contributed by atoms with van der Waals surface area (Å²) in [5, 5.41) is 2.93. The van der Waals surface area contributed by atoms with Crippen LogP contribution in [-0.4, -0.2) is 22.4 Å². The highest BCUT2D eigenvalue weighted by Gasteiger charge is 2.18. The van der Waals surface area contributed by atoms with Crippen molar-refractivity contribution in [3.05, 3.63) is 60.0 Å². The summed E-state index contributed by atoms with van der Waals surface area (Å²) in [6, 6.07) is 13.0. The molecule has 23 heavy (non-hydrogen) atoms. The molecule has 0 saturated heterocycles. The molecule has 2 aromatic heterocycles. The number of methoxy groups -OCH3 is 1. The number of pyridine rings is 1. The molecule has 0 unspecified atom stereocenters. The van der Waals surface area contributed by atoms with Crippen LogP contribution in [-0.2, 0) is 6.42 Å². The second-order valence-electron chi connectivity index (χ2n) is 5.27. The van der Waals surface area contributed by atoms with Gasteiger partial charge in [-0.3, -0.25) is 9.20 Å². The van der Waals surface area contributed by atoms with Gasteiger partial charge in [-0.1, -0.05) is 25.5 Å². The van der Waals surface area contributed by atoms with Crippen LogP contribution < -0.4 is 10.1 Å². The molecule has 0 aliphatic heterocycles. The molecule has 0 saturated carbocycles. The number of carbonyl (C=O) groups is 1. The van der Waals surface area contributed by atoms with E-state index in [1.165, 1.54) is 0 Å². The predicted molar refractivity (Wildman–Crippen MR) is 90.1 cm³/mol. The van der Waals surface area contributed by atoms with Crippen molar-refractivity contribution >= 4 is 17.2 Å². The van der Waals surface area contributed by atoms with Gasteiger partial charge in [0.1, 0.15) is 17.1 Å². The average Bonchev–Trinajstić information content (AvgIpc) is 2.93. The maximum atomic E-state index is 12.8. The Bertz CT molecular complexity index is 839. The van der Waals surface area contributed by atoms with Crippen molar-refractivity contribution in [3.8, 4) is 5.75 Å². The van der Waals surface area contributed by atoms with Gasteiger partial charge in [0.15, 0.2) is 0 Å². The number of fused-ring (bicyclic) bond motifs is 1. The van der Waals surface area contributed by atoms with E-state index in [0.717, 1.165) is 24.2 Å². The van der Waals surface area contributed by atoms with Crippen molar-refractivity contribution in [2.45, 2.75) is 19.8 Å². The van der Waals surface area contributed by atoms with Crippen molar-refractivity contribution in [2.24, 2.45) is 0 Å². The van der Waals surface area contributed by atoms with Gasteiger partial charge < -0.3 is 10.1 Å². The van der Waals surface area contributed by atoms with E-state index >= 15 is 0 Å². The highest BCUT2D eigenvalue weighted by Crippen LogP contribution is 2.20. The molecule has 0 bridgehead atoms. The summed E-state index contributed by atoms with van der Waals surface area (Å²) in [5.41, 5.74) is 2.89. The van der Waals surface area contributed by atoms with Crippen LogP contribution in [0.1, 0.15) is 29.5 Å². The van der Waals surface area contributed by atoms with Gasteiger partial charge >= 0.3 is 0 Å². The zero-order valence-corrected chi connectivity index (χ0v) is 13.2. The fourth-order valence-corrected chi connectivity index (χ4v) is 2.59. The third-order valence-electron chi connectivity index (χ3n) is 3.63. The predicted octanol–water partition coefficient (Wildman–Crippen LogP) is 3.55. The van der Waals surface area contributed by atoms with Gasteiger partial charge in [0.2, 0.25) is 0 Å². The molecule has 0 radical (unpaired) electrons. The van der Waals surface area contributed by atoms with Crippen LogP contribution >= 0.6 is 0 Å². The normalized spacial score (nSPS) is 10.7. The van der Waals surface area contributed by atoms with Crippen LogP contribution in [0.2, 0.25) is 0 Å². The molecule has 5 nitrogen and oxygen atoms in total. The van der Waals surface area contributed by atoms with Gasteiger partial charge in [-0.2, -0.15) is 0 Å². The second-order valence-corrected chi connectivity index (χ2v) is 5.27. The van der Waals surface area contributed by atoms with E-state index in [2.05, 4.69) is 17.2 Å². The third-order valence-corrected chi connectivity index (χ3v) is 3.63. The first kappa shape index (κ1) is 15.1. The zero-order chi connectivity index (χ0) is 16.2. The summed E-state index contributed by atoms with van der Waals surface area (Å²) in [5.74, 6) is 0.537. The number of carbonyl (C=O) groups excluding carboxylic acids is 1. The Kier molecular flexibility index (Phi) is 4.28. The zero-order valence-electron chi connectivity index (χ0n) is 13.2. The Balaban J connectivity index is 1.97. The van der Waals surface area contributed by atoms with E-state index in [1.54, 1.807) is 13.2 Å². The first-order valence-electron chi connectivity index (χ1n) is 7.64. The van der Waals surface area contributed by atoms with E-state index in [-0.39, 0.29) is 5.91 Å². The third kappa shape index (κ3) is 3.04. The maximum absolute atomic E-state index is 12.8. The van der Waals surface area contributed by atoms with Crippen molar-refractivity contribution < 1.29 is 9.53 Å². The highest BCUT2D eigenvalue weighted by molar-refractivity contribution is 6.04. The Hall–Kier alpha value is -2.82. The smallest absolute Gasteiger partial charge is 0.274 e. The summed E-state index contributed by atoms with van der Waals surface area (Å²) in [6.45, 7) is 2.08. The molecule has 1 amide bonds. The SMILES string of the molecule is CCCc1nc2ccccn2c1C(=O)Nc1cccc(OC)c1. The molecule has 0 aliphatic carbocycles. The number of benzene rings is 1. The summed E-state index contributed by atoms with van der Waals surface area (Å²) in [7, 11) is 1.60. The van der Waals surface area contributed by atoms with Gasteiger partial charge in [-0.15, -0.1) is 0 Å². The molecule has 2 heterocycles. The first-order valence-corrected chi connectivity index (χ1v) is 7.64. The van der Waals surface area contributed by atoms with Crippen LogP contribution in [0.15, 0.2) is 48.7 Å². The number of nitrogens with one attached hydrogen (secondary N) is 1. The largest absolute Gasteiger partial charge is 0.497 e. The van der Waals surface area contributed by atoms with Crippen molar-refractivity contribution in [1.29, 1.82) is 0 Å². The van der Waals surface area contributed by atoms with Gasteiger partial charge in [0, 0.05) is 18.0 Å². The molecular weight excluding hydrogens is 290 g/mol. The molecule has 118 valence electrons. The number of nitrogens with zero attached hydrogens (tertiary/aromatic N) is 2. The Morgan fingerprint density at radius 3 is 2.91 bits per heavy atom. The lowest BCUT2D eigenvalue weighted by molar-refractivity contribution is 0.102. The number of rotatable bonds is 5. The second kappa shape index (κ2) is 6.52. The topological polar surface area (TPSA) is 55.6 Å². The molecular formula is C18H19N3O2. The van der Waals surface area contributed by atoms with Gasteiger partial charge in [-0.25, -0.2) is 4.98 Å². The molecule has 0 spiro atoms. The number of aromatic nitrogens is 2. The van der Waals surface area contributed by atoms with Crippen LogP contribution in [0, 0.1) is 0 Å². The Labute approximate surface area is 134 Å². The number of hydrogen-bond donors (Lipinski definition) is 1. The minimum absolute atomic E-state index is 0.166. The lowest BCUT2D eigenvalue weighted by Gasteiger charge is -2.08. The number of hydrogen-bond acceptors (Lipinski definition) is 3. The van der Waals surface area contributed by atoms with E-state index in [4.69, 9.17) is 4.74 Å². The number of ether oxygens (including phenoxy) is 1. The Morgan fingerprint density at radius 1 is 1.26 bits per heavy atom. The molecule has 1 aromatic carbocycles. The quantitative estimate of drug-likeness (QED) is 0.784.